The second kappa shape index (κ2) is 6.46. The van der Waals surface area contributed by atoms with Gasteiger partial charge in [-0.3, -0.25) is 0 Å². The Morgan fingerprint density at radius 3 is 2.74 bits per heavy atom. The monoisotopic (exact) mass is 360 g/mol. The molecule has 0 amide bonds. The molecular formula is C13H11BrCl2N2O. The molecule has 2 aromatic rings. The van der Waals surface area contributed by atoms with Gasteiger partial charge >= 0.3 is 0 Å². The lowest BCUT2D eigenvalue weighted by Crippen LogP contribution is -2.02. The van der Waals surface area contributed by atoms with Gasteiger partial charge in [0.15, 0.2) is 0 Å². The van der Waals surface area contributed by atoms with Crippen molar-refractivity contribution in [2.75, 3.05) is 12.4 Å². The highest BCUT2D eigenvalue weighted by atomic mass is 79.9. The van der Waals surface area contributed by atoms with Crippen LogP contribution in [0.15, 0.2) is 34.8 Å². The number of nitrogens with zero attached hydrogens (tertiary/aromatic N) is 1. The summed E-state index contributed by atoms with van der Waals surface area (Å²) in [6.07, 6.45) is 0. The number of benzene rings is 1. The molecule has 0 fully saturated rings. The van der Waals surface area contributed by atoms with Gasteiger partial charge in [-0.1, -0.05) is 23.2 Å². The van der Waals surface area contributed by atoms with Gasteiger partial charge in [0.2, 0.25) is 0 Å². The molecule has 0 bridgehead atoms. The number of anilines is 1. The minimum Gasteiger partial charge on any atom is -0.486 e. The zero-order valence-electron chi connectivity index (χ0n) is 10.1. The van der Waals surface area contributed by atoms with Crippen molar-refractivity contribution in [1.82, 2.24) is 4.98 Å². The first-order valence-corrected chi connectivity index (χ1v) is 7.06. The number of hydrogen-bond acceptors (Lipinski definition) is 3. The molecule has 0 aliphatic rings. The highest BCUT2D eigenvalue weighted by molar-refractivity contribution is 9.10. The normalized spacial score (nSPS) is 10.3. The quantitative estimate of drug-likeness (QED) is 0.851. The fourth-order valence-corrected chi connectivity index (χ4v) is 2.42. The summed E-state index contributed by atoms with van der Waals surface area (Å²) in [5.41, 5.74) is 0.676. The van der Waals surface area contributed by atoms with E-state index in [9.17, 15) is 0 Å². The van der Waals surface area contributed by atoms with Crippen LogP contribution in [0.5, 0.6) is 5.75 Å². The van der Waals surface area contributed by atoms with Crippen molar-refractivity contribution in [3.8, 4) is 5.75 Å². The summed E-state index contributed by atoms with van der Waals surface area (Å²) in [5.74, 6) is 1.44. The number of pyridine rings is 1. The number of nitrogens with one attached hydrogen (secondary N) is 1. The molecule has 19 heavy (non-hydrogen) atoms. The Morgan fingerprint density at radius 2 is 2.05 bits per heavy atom. The lowest BCUT2D eigenvalue weighted by Gasteiger charge is -2.10. The summed E-state index contributed by atoms with van der Waals surface area (Å²) < 4.78 is 6.47. The molecule has 0 radical (unpaired) electrons. The summed E-state index contributed by atoms with van der Waals surface area (Å²) in [5, 5.41) is 4.18. The van der Waals surface area contributed by atoms with E-state index in [2.05, 4.69) is 26.2 Å². The van der Waals surface area contributed by atoms with Crippen molar-refractivity contribution in [3.63, 3.8) is 0 Å². The average molecular weight is 362 g/mol. The first-order chi connectivity index (χ1) is 9.10. The third kappa shape index (κ3) is 3.75. The van der Waals surface area contributed by atoms with Crippen LogP contribution in [0.4, 0.5) is 5.82 Å². The van der Waals surface area contributed by atoms with Crippen molar-refractivity contribution in [3.05, 3.63) is 50.5 Å². The van der Waals surface area contributed by atoms with Crippen molar-refractivity contribution in [2.24, 2.45) is 0 Å². The molecule has 0 aliphatic heterocycles. The maximum atomic E-state index is 6.08. The number of ether oxygens (including phenoxy) is 1. The standard InChI is InChI=1S/C13H11BrCl2N2O/c1-17-13-5-3-10(16)11(18-13)7-19-12-4-2-8(15)6-9(12)14/h2-6H,7H2,1H3,(H,17,18). The maximum Gasteiger partial charge on any atom is 0.134 e. The molecule has 1 aromatic carbocycles. The van der Waals surface area contributed by atoms with Crippen LogP contribution in [0.1, 0.15) is 5.69 Å². The van der Waals surface area contributed by atoms with Crippen LogP contribution >= 0.6 is 39.1 Å². The van der Waals surface area contributed by atoms with Crippen molar-refractivity contribution < 1.29 is 4.74 Å². The molecule has 0 atom stereocenters. The fraction of sp³-hybridized carbons (Fsp3) is 0.154. The number of rotatable bonds is 4. The van der Waals surface area contributed by atoms with E-state index in [1.807, 2.05) is 6.07 Å². The summed E-state index contributed by atoms with van der Waals surface area (Å²) >= 11 is 15.3. The summed E-state index contributed by atoms with van der Waals surface area (Å²) in [4.78, 5) is 4.34. The van der Waals surface area contributed by atoms with Crippen molar-refractivity contribution >= 4 is 44.9 Å². The van der Waals surface area contributed by atoms with Crippen LogP contribution in [0, 0.1) is 0 Å². The van der Waals surface area contributed by atoms with Gasteiger partial charge < -0.3 is 10.1 Å². The molecule has 0 aliphatic carbocycles. The fourth-order valence-electron chi connectivity index (χ4n) is 1.46. The van der Waals surface area contributed by atoms with Crippen LogP contribution in [-0.2, 0) is 6.61 Å². The molecule has 2 rings (SSSR count). The highest BCUT2D eigenvalue weighted by Gasteiger charge is 2.07. The molecule has 6 heteroatoms. The third-order valence-electron chi connectivity index (χ3n) is 2.43. The Bertz CT molecular complexity index is 593. The lowest BCUT2D eigenvalue weighted by molar-refractivity contribution is 0.299. The van der Waals surface area contributed by atoms with E-state index in [-0.39, 0.29) is 6.61 Å². The summed E-state index contributed by atoms with van der Waals surface area (Å²) in [6, 6.07) is 8.93. The SMILES string of the molecule is CNc1ccc(Cl)c(COc2ccc(Cl)cc2Br)n1. The highest BCUT2D eigenvalue weighted by Crippen LogP contribution is 2.29. The molecule has 0 unspecified atom stereocenters. The Morgan fingerprint density at radius 1 is 1.26 bits per heavy atom. The van der Waals surface area contributed by atoms with Crippen molar-refractivity contribution in [2.45, 2.75) is 6.61 Å². The number of aromatic nitrogens is 1. The molecular weight excluding hydrogens is 351 g/mol. The van der Waals surface area contributed by atoms with E-state index in [1.165, 1.54) is 0 Å². The molecule has 0 spiro atoms. The minimum atomic E-state index is 0.286. The van der Waals surface area contributed by atoms with E-state index < -0.39 is 0 Å². The molecule has 1 heterocycles. The van der Waals surface area contributed by atoms with Gasteiger partial charge in [0.05, 0.1) is 15.2 Å². The lowest BCUT2D eigenvalue weighted by atomic mass is 10.3. The Balaban J connectivity index is 2.14. The van der Waals surface area contributed by atoms with Crippen LogP contribution in [-0.4, -0.2) is 12.0 Å². The van der Waals surface area contributed by atoms with Crippen LogP contribution in [0.3, 0.4) is 0 Å². The van der Waals surface area contributed by atoms with Crippen LogP contribution in [0.2, 0.25) is 10.0 Å². The van der Waals surface area contributed by atoms with Crippen LogP contribution < -0.4 is 10.1 Å². The van der Waals surface area contributed by atoms with E-state index in [0.717, 1.165) is 10.3 Å². The van der Waals surface area contributed by atoms with Gasteiger partial charge in [-0.25, -0.2) is 4.98 Å². The zero-order chi connectivity index (χ0) is 13.8. The van der Waals surface area contributed by atoms with E-state index in [4.69, 9.17) is 27.9 Å². The second-order valence-corrected chi connectivity index (χ2v) is 5.44. The first kappa shape index (κ1) is 14.4. The topological polar surface area (TPSA) is 34.1 Å². The third-order valence-corrected chi connectivity index (χ3v) is 3.63. The second-order valence-electron chi connectivity index (χ2n) is 3.74. The maximum absolute atomic E-state index is 6.08. The van der Waals surface area contributed by atoms with E-state index >= 15 is 0 Å². The molecule has 1 N–H and O–H groups in total. The predicted molar refractivity (Wildman–Crippen MR) is 82.3 cm³/mol. The zero-order valence-corrected chi connectivity index (χ0v) is 13.2. The first-order valence-electron chi connectivity index (χ1n) is 5.51. The summed E-state index contributed by atoms with van der Waals surface area (Å²) in [7, 11) is 1.80. The minimum absolute atomic E-state index is 0.286. The number of halogens is 3. The van der Waals surface area contributed by atoms with Crippen LogP contribution in [0.25, 0.3) is 0 Å². The molecule has 0 saturated carbocycles. The Hall–Kier alpha value is -0.970. The Labute approximate surface area is 130 Å². The molecule has 0 saturated heterocycles. The predicted octanol–water partition coefficient (Wildman–Crippen LogP) is 4.77. The number of hydrogen-bond donors (Lipinski definition) is 1. The van der Waals surface area contributed by atoms with Gasteiger partial charge in [0.25, 0.3) is 0 Å². The Kier molecular flexibility index (Phi) is 4.91. The van der Waals surface area contributed by atoms with Gasteiger partial charge in [-0.2, -0.15) is 0 Å². The smallest absolute Gasteiger partial charge is 0.134 e. The van der Waals surface area contributed by atoms with E-state index in [1.54, 1.807) is 31.3 Å². The van der Waals surface area contributed by atoms with Gasteiger partial charge in [0.1, 0.15) is 18.2 Å². The molecule has 100 valence electrons. The molecule has 1 aromatic heterocycles. The van der Waals surface area contributed by atoms with Crippen molar-refractivity contribution in [1.29, 1.82) is 0 Å². The van der Waals surface area contributed by atoms with Gasteiger partial charge in [0, 0.05) is 12.1 Å². The summed E-state index contributed by atoms with van der Waals surface area (Å²) in [6.45, 7) is 0.286. The largest absolute Gasteiger partial charge is 0.486 e. The molecule has 3 nitrogen and oxygen atoms in total. The van der Waals surface area contributed by atoms with Gasteiger partial charge in [-0.15, -0.1) is 0 Å². The average Bonchev–Trinajstić information content (AvgIpc) is 2.39. The van der Waals surface area contributed by atoms with E-state index in [0.29, 0.717) is 21.5 Å². The van der Waals surface area contributed by atoms with Gasteiger partial charge in [-0.05, 0) is 46.3 Å².